The van der Waals surface area contributed by atoms with Crippen molar-refractivity contribution in [1.29, 1.82) is 0 Å². The van der Waals surface area contributed by atoms with Crippen molar-refractivity contribution in [3.05, 3.63) is 160 Å². The molecule has 52 heavy (non-hydrogen) atoms. The van der Waals surface area contributed by atoms with Gasteiger partial charge in [0.25, 0.3) is 21.8 Å². The Kier molecular flexibility index (Phi) is 10.2. The van der Waals surface area contributed by atoms with Crippen molar-refractivity contribution >= 4 is 33.8 Å². The highest BCUT2D eigenvalue weighted by atomic mass is 32.2. The molecule has 3 N–H and O–H groups in total. The molecule has 6 rings (SSSR count). The molecule has 0 unspecified atom stereocenters. The van der Waals surface area contributed by atoms with Crippen LogP contribution in [0.2, 0.25) is 0 Å². The third-order valence-corrected chi connectivity index (χ3v) is 10.2. The number of carboxylic acid groups (broad SMARTS) is 2. The van der Waals surface area contributed by atoms with E-state index in [0.29, 0.717) is 29.5 Å². The van der Waals surface area contributed by atoms with E-state index in [-0.39, 0.29) is 11.4 Å². The summed E-state index contributed by atoms with van der Waals surface area (Å²) >= 11 is 0. The molecule has 0 spiro atoms. The number of aryl methyl sites for hydroxylation is 2. The maximum Gasteiger partial charge on any atom is 0.336 e. The average molecular weight is 719 g/mol. The van der Waals surface area contributed by atoms with E-state index in [9.17, 15) is 37.8 Å². The largest absolute Gasteiger partial charge is 0.478 e. The second-order valence-corrected chi connectivity index (χ2v) is 14.1. The van der Waals surface area contributed by atoms with E-state index in [1.54, 1.807) is 43.3 Å². The molecule has 0 heterocycles. The third kappa shape index (κ3) is 7.72. The minimum atomic E-state index is -4.48. The zero-order chi connectivity index (χ0) is 37.0. The summed E-state index contributed by atoms with van der Waals surface area (Å²) in [6, 6.07) is 30.6. The number of ether oxygens (including phenoxy) is 1. The van der Waals surface area contributed by atoms with Gasteiger partial charge in [-0.15, -0.1) is 0 Å². The summed E-state index contributed by atoms with van der Waals surface area (Å²) in [6.07, 6.45) is 2.06. The quantitative estimate of drug-likeness (QED) is 0.130. The maximum absolute atomic E-state index is 14.8. The predicted octanol–water partition coefficient (Wildman–Crippen LogP) is 7.02. The van der Waals surface area contributed by atoms with Crippen LogP contribution in [-0.4, -0.2) is 47.3 Å². The molecule has 0 radical (unpaired) electrons. The van der Waals surface area contributed by atoms with E-state index >= 15 is 0 Å². The van der Waals surface area contributed by atoms with Crippen molar-refractivity contribution in [2.75, 3.05) is 0 Å². The van der Waals surface area contributed by atoms with Gasteiger partial charge < -0.3 is 19.8 Å². The lowest BCUT2D eigenvalue weighted by Crippen LogP contribution is -2.38. The van der Waals surface area contributed by atoms with Gasteiger partial charge in [0.15, 0.2) is 0 Å². The molecule has 5 aromatic rings. The highest BCUT2D eigenvalue weighted by molar-refractivity contribution is 7.90. The number of nitrogens with zero attached hydrogens (tertiary/aromatic N) is 1. The number of hydrogen-bond donors (Lipinski definition) is 3. The first-order valence-electron chi connectivity index (χ1n) is 16.4. The van der Waals surface area contributed by atoms with Crippen molar-refractivity contribution < 1.29 is 42.5 Å². The van der Waals surface area contributed by atoms with Gasteiger partial charge in [0.05, 0.1) is 33.2 Å². The first-order chi connectivity index (χ1) is 24.9. The summed E-state index contributed by atoms with van der Waals surface area (Å²) < 4.78 is 34.1. The molecule has 264 valence electrons. The van der Waals surface area contributed by atoms with Crippen LogP contribution in [0.1, 0.15) is 82.6 Å². The van der Waals surface area contributed by atoms with Crippen LogP contribution >= 0.6 is 0 Å². The molecule has 0 fully saturated rings. The number of aromatic carboxylic acids is 2. The molecule has 0 saturated carbocycles. The number of amides is 2. The smallest absolute Gasteiger partial charge is 0.336 e. The Morgan fingerprint density at radius 3 is 2.10 bits per heavy atom. The first kappa shape index (κ1) is 35.6. The number of benzene rings is 5. The van der Waals surface area contributed by atoms with Crippen LogP contribution < -0.4 is 9.46 Å². The van der Waals surface area contributed by atoms with E-state index in [1.807, 2.05) is 47.2 Å². The Balaban J connectivity index is 1.44. The van der Waals surface area contributed by atoms with Gasteiger partial charge in [-0.05, 0) is 91.4 Å². The fourth-order valence-corrected chi connectivity index (χ4v) is 7.30. The first-order valence-corrected chi connectivity index (χ1v) is 17.9. The summed E-state index contributed by atoms with van der Waals surface area (Å²) in [5.74, 6) is -4.32. The Labute approximate surface area is 300 Å². The lowest BCUT2D eigenvalue weighted by molar-refractivity contribution is 0.0613. The fraction of sp³-hybridized carbons (Fsp3) is 0.150. The standard InChI is InChI=1S/C40H34N2O9S/c1-25-17-19-30(20-18-25)52(49,50)41-37(43)32-22-33(35(40(47)48)23-34(32)39(45)46)38(44)42(36-16-8-11-27-10-5-6-15-31(27)36)24-26-9-7-14-29(21-26)51-28-12-3-2-4-13-28/h2-7,9-10,12-15,17-23,36H,8,11,16,24H2,1H3,(H,41,43)(H,45,46)(H,47,48)/t36-/m0/s1. The molecular formula is C40H34N2O9S. The molecule has 0 aliphatic heterocycles. The van der Waals surface area contributed by atoms with Gasteiger partial charge in [0.2, 0.25) is 0 Å². The Morgan fingerprint density at radius 1 is 0.750 bits per heavy atom. The Morgan fingerprint density at radius 2 is 1.38 bits per heavy atom. The summed E-state index contributed by atoms with van der Waals surface area (Å²) in [5, 5.41) is 20.3. The van der Waals surface area contributed by atoms with Gasteiger partial charge in [-0.2, -0.15) is 0 Å². The van der Waals surface area contributed by atoms with Gasteiger partial charge >= 0.3 is 11.9 Å². The summed E-state index contributed by atoms with van der Waals surface area (Å²) in [5.41, 5.74) is 0.714. The van der Waals surface area contributed by atoms with Crippen LogP contribution in [0.3, 0.4) is 0 Å². The molecule has 12 heteroatoms. The molecular weight excluding hydrogens is 685 g/mol. The minimum Gasteiger partial charge on any atom is -0.478 e. The van der Waals surface area contributed by atoms with E-state index in [0.717, 1.165) is 35.6 Å². The number of hydrogen-bond acceptors (Lipinski definition) is 7. The second-order valence-electron chi connectivity index (χ2n) is 12.4. The second kappa shape index (κ2) is 14.9. The number of fused-ring (bicyclic) bond motifs is 1. The van der Waals surface area contributed by atoms with Crippen LogP contribution in [0.15, 0.2) is 120 Å². The van der Waals surface area contributed by atoms with Crippen LogP contribution in [0.5, 0.6) is 11.5 Å². The van der Waals surface area contributed by atoms with Crippen molar-refractivity contribution in [3.8, 4) is 11.5 Å². The number of para-hydroxylation sites is 1. The average Bonchev–Trinajstić information content (AvgIpc) is 3.13. The fourth-order valence-electron chi connectivity index (χ4n) is 6.33. The van der Waals surface area contributed by atoms with Crippen LogP contribution in [0, 0.1) is 6.92 Å². The van der Waals surface area contributed by atoms with E-state index in [4.69, 9.17) is 4.74 Å². The van der Waals surface area contributed by atoms with Crippen LogP contribution in [-0.2, 0) is 23.0 Å². The third-order valence-electron chi connectivity index (χ3n) is 8.86. The number of nitrogens with one attached hydrogen (secondary N) is 1. The zero-order valence-corrected chi connectivity index (χ0v) is 28.8. The summed E-state index contributed by atoms with van der Waals surface area (Å²) in [6.45, 7) is 1.74. The zero-order valence-electron chi connectivity index (χ0n) is 28.0. The molecule has 2 amide bonds. The lowest BCUT2D eigenvalue weighted by Gasteiger charge is -2.36. The number of carbonyl (C=O) groups excluding carboxylic acids is 2. The van der Waals surface area contributed by atoms with Gasteiger partial charge in [-0.1, -0.05) is 72.3 Å². The molecule has 5 aromatic carbocycles. The summed E-state index contributed by atoms with van der Waals surface area (Å²) in [4.78, 5) is 54.6. The highest BCUT2D eigenvalue weighted by Gasteiger charge is 2.34. The molecule has 1 aliphatic rings. The van der Waals surface area contributed by atoms with E-state index in [1.165, 1.54) is 29.2 Å². The molecule has 1 aliphatic carbocycles. The van der Waals surface area contributed by atoms with Crippen molar-refractivity contribution in [2.45, 2.75) is 43.7 Å². The van der Waals surface area contributed by atoms with E-state index in [2.05, 4.69) is 0 Å². The van der Waals surface area contributed by atoms with Gasteiger partial charge in [0.1, 0.15) is 11.5 Å². The van der Waals surface area contributed by atoms with Gasteiger partial charge in [-0.3, -0.25) is 9.59 Å². The monoisotopic (exact) mass is 718 g/mol. The molecule has 11 nitrogen and oxygen atoms in total. The number of carboxylic acids is 2. The topological polar surface area (TPSA) is 167 Å². The van der Waals surface area contributed by atoms with Crippen molar-refractivity contribution in [3.63, 3.8) is 0 Å². The number of sulfonamides is 1. The Hall–Kier alpha value is -6.27. The maximum atomic E-state index is 14.8. The van der Waals surface area contributed by atoms with E-state index < -0.39 is 62.1 Å². The van der Waals surface area contributed by atoms with Crippen molar-refractivity contribution in [2.24, 2.45) is 0 Å². The highest BCUT2D eigenvalue weighted by Crippen LogP contribution is 2.37. The van der Waals surface area contributed by atoms with Crippen LogP contribution in [0.25, 0.3) is 0 Å². The number of carbonyl (C=O) groups is 4. The normalized spacial score (nSPS) is 13.8. The number of rotatable bonds is 11. The van der Waals surface area contributed by atoms with Crippen LogP contribution in [0.4, 0.5) is 0 Å². The lowest BCUT2D eigenvalue weighted by atomic mass is 9.86. The molecule has 0 bridgehead atoms. The Bertz CT molecular complexity index is 2290. The molecule has 0 saturated heterocycles. The van der Waals surface area contributed by atoms with Crippen molar-refractivity contribution in [1.82, 2.24) is 9.62 Å². The van der Waals surface area contributed by atoms with Gasteiger partial charge in [0, 0.05) is 6.54 Å². The van der Waals surface area contributed by atoms with Gasteiger partial charge in [-0.25, -0.2) is 22.7 Å². The minimum absolute atomic E-state index is 0.00705. The summed E-state index contributed by atoms with van der Waals surface area (Å²) in [7, 11) is -4.48. The molecule has 1 atom stereocenters. The predicted molar refractivity (Wildman–Crippen MR) is 191 cm³/mol. The SMILES string of the molecule is Cc1ccc(S(=O)(=O)NC(=O)c2cc(C(=O)N(Cc3cccc(Oc4ccccc4)c3)[C@H]3CCCc4ccccc43)c(C(=O)O)cc2C(=O)O)cc1. The molecule has 0 aromatic heterocycles.